The maximum absolute atomic E-state index is 11.4. The fourth-order valence-electron chi connectivity index (χ4n) is 0.540. The van der Waals surface area contributed by atoms with Gasteiger partial charge in [-0.2, -0.15) is 0 Å². The average Bonchev–Trinajstić information content (AvgIpc) is 2.47. The van der Waals surface area contributed by atoms with E-state index in [0.29, 0.717) is 0 Å². The molecule has 4 N–H and O–H groups in total. The van der Waals surface area contributed by atoms with Crippen LogP contribution in [0.2, 0.25) is 0 Å². The summed E-state index contributed by atoms with van der Waals surface area (Å²) in [7, 11) is 0. The van der Waals surface area contributed by atoms with Crippen LogP contribution in [0.25, 0.3) is 0 Å². The summed E-state index contributed by atoms with van der Waals surface area (Å²) < 4.78 is 4.56. The SMILES string of the molecule is CC(C)(CO)C(=O)OC(=O)C(C)(C)CO.CC(C)(CO)CO. The van der Waals surface area contributed by atoms with Crippen molar-refractivity contribution >= 4 is 11.9 Å². The molecule has 0 unspecified atom stereocenters. The number of carbonyl (C=O) groups excluding carboxylic acids is 2. The van der Waals surface area contributed by atoms with E-state index in [4.69, 9.17) is 20.4 Å². The molecule has 0 saturated heterocycles. The second-order valence-electron chi connectivity index (χ2n) is 7.24. The Balaban J connectivity index is 0. The molecule has 0 rings (SSSR count). The van der Waals surface area contributed by atoms with Crippen molar-refractivity contribution in [1.29, 1.82) is 0 Å². The zero-order valence-electron chi connectivity index (χ0n) is 14.3. The Hall–Kier alpha value is -1.02. The predicted octanol–water partition coefficient (Wildman–Crippen LogP) is 0.0904. The zero-order valence-corrected chi connectivity index (χ0v) is 14.3. The Labute approximate surface area is 131 Å². The first-order chi connectivity index (χ1) is 9.79. The molecule has 0 aliphatic rings. The highest BCUT2D eigenvalue weighted by Crippen LogP contribution is 2.21. The van der Waals surface area contributed by atoms with Gasteiger partial charge in [-0.1, -0.05) is 13.8 Å². The third-order valence-corrected chi connectivity index (χ3v) is 2.94. The van der Waals surface area contributed by atoms with Crippen LogP contribution in [0, 0.1) is 16.2 Å². The maximum atomic E-state index is 11.4. The highest BCUT2D eigenvalue weighted by Gasteiger charge is 2.36. The van der Waals surface area contributed by atoms with Crippen molar-refractivity contribution in [2.24, 2.45) is 16.2 Å². The summed E-state index contributed by atoms with van der Waals surface area (Å²) in [6.07, 6.45) is 0. The van der Waals surface area contributed by atoms with Crippen LogP contribution >= 0.6 is 0 Å². The van der Waals surface area contributed by atoms with Gasteiger partial charge in [0.15, 0.2) is 0 Å². The molecule has 0 fully saturated rings. The molecule has 0 aromatic carbocycles. The van der Waals surface area contributed by atoms with E-state index < -0.39 is 36.0 Å². The molecule has 0 amide bonds. The van der Waals surface area contributed by atoms with E-state index >= 15 is 0 Å². The second-order valence-corrected chi connectivity index (χ2v) is 7.24. The number of hydrogen-bond acceptors (Lipinski definition) is 7. The fourth-order valence-corrected chi connectivity index (χ4v) is 0.540. The first-order valence-corrected chi connectivity index (χ1v) is 7.00. The van der Waals surface area contributed by atoms with E-state index in [-0.39, 0.29) is 18.6 Å². The summed E-state index contributed by atoms with van der Waals surface area (Å²) in [5.74, 6) is -1.59. The monoisotopic (exact) mass is 322 g/mol. The number of aliphatic hydroxyl groups is 4. The molecule has 0 aromatic rings. The number of rotatable bonds is 6. The lowest BCUT2D eigenvalue weighted by Gasteiger charge is -2.23. The van der Waals surface area contributed by atoms with Crippen molar-refractivity contribution < 1.29 is 34.8 Å². The normalized spacial score (nSPS) is 12.3. The van der Waals surface area contributed by atoms with Crippen LogP contribution in [0.5, 0.6) is 0 Å². The molecule has 0 spiro atoms. The van der Waals surface area contributed by atoms with Crippen LogP contribution in [0.15, 0.2) is 0 Å². The van der Waals surface area contributed by atoms with Crippen molar-refractivity contribution in [2.45, 2.75) is 41.5 Å². The summed E-state index contributed by atoms with van der Waals surface area (Å²) in [5, 5.41) is 34.6. The first kappa shape index (κ1) is 23.2. The molecule has 7 heteroatoms. The van der Waals surface area contributed by atoms with Crippen LogP contribution in [0.3, 0.4) is 0 Å². The molecular formula is C15H30O7. The van der Waals surface area contributed by atoms with Gasteiger partial charge in [0.1, 0.15) is 0 Å². The molecule has 7 nitrogen and oxygen atoms in total. The van der Waals surface area contributed by atoms with Gasteiger partial charge in [0.05, 0.1) is 37.3 Å². The summed E-state index contributed by atoms with van der Waals surface area (Å²) in [6, 6.07) is 0. The van der Waals surface area contributed by atoms with E-state index in [0.717, 1.165) is 0 Å². The Morgan fingerprint density at radius 1 is 0.682 bits per heavy atom. The van der Waals surface area contributed by atoms with E-state index in [9.17, 15) is 9.59 Å². The van der Waals surface area contributed by atoms with Gasteiger partial charge in [-0.25, -0.2) is 0 Å². The summed E-state index contributed by atoms with van der Waals surface area (Å²) >= 11 is 0. The molecule has 0 aliphatic heterocycles. The van der Waals surface area contributed by atoms with Gasteiger partial charge in [-0.05, 0) is 27.7 Å². The van der Waals surface area contributed by atoms with Gasteiger partial charge in [-0.3, -0.25) is 9.59 Å². The van der Waals surface area contributed by atoms with Crippen LogP contribution in [0.4, 0.5) is 0 Å². The van der Waals surface area contributed by atoms with Crippen molar-refractivity contribution in [1.82, 2.24) is 0 Å². The quantitative estimate of drug-likeness (QED) is 0.403. The van der Waals surface area contributed by atoms with Crippen LogP contribution in [-0.4, -0.2) is 58.8 Å². The molecular weight excluding hydrogens is 292 g/mol. The standard InChI is InChI=1S/C10H18O5.C5H12O2/c1-9(2,5-11)7(13)15-8(14)10(3,4)6-12;1-5(2,3-6)4-7/h11-12H,5-6H2,1-4H3;6-7H,3-4H2,1-2H3. The zero-order chi connectivity index (χ0) is 18.2. The number of hydrogen-bond donors (Lipinski definition) is 4. The van der Waals surface area contributed by atoms with Crippen molar-refractivity contribution in [3.8, 4) is 0 Å². The average molecular weight is 322 g/mol. The number of ether oxygens (including phenoxy) is 1. The predicted molar refractivity (Wildman–Crippen MR) is 80.8 cm³/mol. The van der Waals surface area contributed by atoms with Crippen molar-refractivity contribution in [3.05, 3.63) is 0 Å². The molecule has 0 radical (unpaired) electrons. The minimum atomic E-state index is -1.11. The van der Waals surface area contributed by atoms with Gasteiger partial charge in [0, 0.05) is 5.41 Å². The summed E-state index contributed by atoms with van der Waals surface area (Å²) in [6.45, 7) is 8.75. The number of esters is 2. The largest absolute Gasteiger partial charge is 0.396 e. The van der Waals surface area contributed by atoms with E-state index in [1.165, 1.54) is 27.7 Å². The molecule has 0 saturated carbocycles. The Morgan fingerprint density at radius 3 is 1.09 bits per heavy atom. The van der Waals surface area contributed by atoms with Gasteiger partial charge < -0.3 is 25.2 Å². The molecule has 0 heterocycles. The Kier molecular flexibility index (Phi) is 9.72. The molecule has 22 heavy (non-hydrogen) atoms. The highest BCUT2D eigenvalue weighted by molar-refractivity contribution is 5.90. The number of aliphatic hydroxyl groups excluding tert-OH is 4. The first-order valence-electron chi connectivity index (χ1n) is 7.00. The van der Waals surface area contributed by atoms with Crippen LogP contribution < -0.4 is 0 Å². The topological polar surface area (TPSA) is 124 Å². The van der Waals surface area contributed by atoms with E-state index in [1.807, 2.05) is 0 Å². The van der Waals surface area contributed by atoms with Crippen molar-refractivity contribution in [2.75, 3.05) is 26.4 Å². The molecule has 132 valence electrons. The molecule has 0 atom stereocenters. The van der Waals surface area contributed by atoms with Gasteiger partial charge in [-0.15, -0.1) is 0 Å². The third-order valence-electron chi connectivity index (χ3n) is 2.94. The smallest absolute Gasteiger partial charge is 0.321 e. The van der Waals surface area contributed by atoms with Gasteiger partial charge in [0.25, 0.3) is 0 Å². The third kappa shape index (κ3) is 8.43. The van der Waals surface area contributed by atoms with E-state index in [2.05, 4.69) is 4.74 Å². The molecule has 0 aliphatic carbocycles. The lowest BCUT2D eigenvalue weighted by atomic mass is 9.93. The van der Waals surface area contributed by atoms with Crippen LogP contribution in [-0.2, 0) is 14.3 Å². The Morgan fingerprint density at radius 2 is 0.955 bits per heavy atom. The highest BCUT2D eigenvalue weighted by atomic mass is 16.6. The minimum absolute atomic E-state index is 0.0451. The fraction of sp³-hybridized carbons (Fsp3) is 0.867. The van der Waals surface area contributed by atoms with Crippen molar-refractivity contribution in [3.63, 3.8) is 0 Å². The maximum Gasteiger partial charge on any atom is 0.321 e. The van der Waals surface area contributed by atoms with Gasteiger partial charge >= 0.3 is 11.9 Å². The van der Waals surface area contributed by atoms with Crippen LogP contribution in [0.1, 0.15) is 41.5 Å². The summed E-state index contributed by atoms with van der Waals surface area (Å²) in [4.78, 5) is 22.8. The molecule has 0 bridgehead atoms. The lowest BCUT2D eigenvalue weighted by molar-refractivity contribution is -0.174. The molecule has 0 aromatic heterocycles. The lowest BCUT2D eigenvalue weighted by Crippen LogP contribution is -2.38. The van der Waals surface area contributed by atoms with Gasteiger partial charge in [0.2, 0.25) is 0 Å². The Bertz CT molecular complexity index is 327. The second kappa shape index (κ2) is 9.19. The summed E-state index contributed by atoms with van der Waals surface area (Å²) in [5.41, 5.74) is -2.53. The number of carbonyl (C=O) groups is 2. The minimum Gasteiger partial charge on any atom is -0.396 e. The van der Waals surface area contributed by atoms with E-state index in [1.54, 1.807) is 13.8 Å².